The number of methoxy groups -OCH3 is 1. The Morgan fingerprint density at radius 3 is 2.83 bits per heavy atom. The molecule has 1 aromatic carbocycles. The summed E-state index contributed by atoms with van der Waals surface area (Å²) in [7, 11) is 1.48. The molecule has 0 fully saturated rings. The predicted octanol–water partition coefficient (Wildman–Crippen LogP) is 1.29. The number of rotatable bonds is 6. The lowest BCUT2D eigenvalue weighted by molar-refractivity contribution is -0.137. The van der Waals surface area contributed by atoms with E-state index in [0.717, 1.165) is 4.90 Å². The van der Waals surface area contributed by atoms with Crippen LogP contribution in [0.5, 0.6) is 0 Å². The zero-order chi connectivity index (χ0) is 17.0. The molecule has 1 aliphatic heterocycles. The minimum Gasteiger partial charge on any atom is -0.480 e. The van der Waals surface area contributed by atoms with Crippen LogP contribution in [0, 0.1) is 0 Å². The second kappa shape index (κ2) is 7.47. The average molecular weight is 338 g/mol. The molecule has 0 saturated heterocycles. The van der Waals surface area contributed by atoms with Crippen LogP contribution in [0.3, 0.4) is 0 Å². The first-order valence-electron chi connectivity index (χ1n) is 7.04. The van der Waals surface area contributed by atoms with Crippen molar-refractivity contribution < 1.29 is 24.2 Å². The van der Waals surface area contributed by atoms with Crippen molar-refractivity contribution in [3.05, 3.63) is 23.8 Å². The number of ether oxygens (including phenoxy) is 1. The van der Waals surface area contributed by atoms with Gasteiger partial charge in [-0.2, -0.15) is 0 Å². The van der Waals surface area contributed by atoms with Gasteiger partial charge < -0.3 is 20.1 Å². The zero-order valence-electron chi connectivity index (χ0n) is 12.9. The van der Waals surface area contributed by atoms with Crippen LogP contribution in [0.25, 0.3) is 0 Å². The van der Waals surface area contributed by atoms with E-state index in [-0.39, 0.29) is 24.3 Å². The lowest BCUT2D eigenvalue weighted by atomic mass is 10.1. The van der Waals surface area contributed by atoms with E-state index < -0.39 is 18.4 Å². The molecule has 0 spiro atoms. The van der Waals surface area contributed by atoms with Crippen LogP contribution in [0.4, 0.5) is 5.69 Å². The number of nitrogens with one attached hydrogen (secondary N) is 1. The number of aliphatic carboxylic acids is 1. The van der Waals surface area contributed by atoms with Gasteiger partial charge in [0.15, 0.2) is 0 Å². The molecule has 0 saturated carbocycles. The Hall–Kier alpha value is -2.06. The summed E-state index contributed by atoms with van der Waals surface area (Å²) in [6.45, 7) is 1.82. The molecule has 0 aliphatic carbocycles. The molecule has 0 radical (unpaired) electrons. The Bertz CT molecular complexity index is 634. The van der Waals surface area contributed by atoms with Gasteiger partial charge in [0.2, 0.25) is 5.91 Å². The quantitative estimate of drug-likeness (QED) is 0.811. The highest BCUT2D eigenvalue weighted by Crippen LogP contribution is 2.36. The van der Waals surface area contributed by atoms with Gasteiger partial charge in [0.05, 0.1) is 17.5 Å². The van der Waals surface area contributed by atoms with Crippen molar-refractivity contribution in [3.63, 3.8) is 0 Å². The van der Waals surface area contributed by atoms with Crippen LogP contribution in [0.15, 0.2) is 23.1 Å². The molecule has 0 aromatic heterocycles. The molecule has 2 N–H and O–H groups in total. The summed E-state index contributed by atoms with van der Waals surface area (Å²) >= 11 is 1.42. The Labute approximate surface area is 138 Å². The number of anilines is 1. The van der Waals surface area contributed by atoms with E-state index in [4.69, 9.17) is 9.84 Å². The summed E-state index contributed by atoms with van der Waals surface area (Å²) < 4.78 is 4.91. The summed E-state index contributed by atoms with van der Waals surface area (Å²) in [6, 6.07) is 4.98. The van der Waals surface area contributed by atoms with E-state index in [2.05, 4.69) is 5.32 Å². The summed E-state index contributed by atoms with van der Waals surface area (Å²) in [5.41, 5.74) is 0.905. The Balaban J connectivity index is 2.22. The first-order valence-corrected chi connectivity index (χ1v) is 7.92. The maximum atomic E-state index is 12.5. The summed E-state index contributed by atoms with van der Waals surface area (Å²) in [6.07, 6.45) is 0. The van der Waals surface area contributed by atoms with Crippen molar-refractivity contribution in [3.8, 4) is 0 Å². The highest BCUT2D eigenvalue weighted by molar-refractivity contribution is 8.00. The molecule has 2 rings (SSSR count). The fourth-order valence-corrected chi connectivity index (χ4v) is 3.07. The number of hydrogen-bond acceptors (Lipinski definition) is 5. The monoisotopic (exact) mass is 338 g/mol. The molecule has 1 heterocycles. The molecule has 1 aromatic rings. The number of hydrogen-bond donors (Lipinski definition) is 2. The van der Waals surface area contributed by atoms with Crippen molar-refractivity contribution >= 4 is 35.2 Å². The highest BCUT2D eigenvalue weighted by atomic mass is 32.2. The number of carboxylic acid groups (broad SMARTS) is 1. The van der Waals surface area contributed by atoms with Crippen LogP contribution in [0.2, 0.25) is 0 Å². The fourth-order valence-electron chi connectivity index (χ4n) is 2.14. The predicted molar refractivity (Wildman–Crippen MR) is 85.8 cm³/mol. The molecule has 1 atom stereocenters. The van der Waals surface area contributed by atoms with Crippen LogP contribution in [-0.2, 0) is 14.3 Å². The van der Waals surface area contributed by atoms with E-state index in [0.29, 0.717) is 11.3 Å². The normalized spacial score (nSPS) is 16.4. The van der Waals surface area contributed by atoms with Crippen molar-refractivity contribution in [2.45, 2.75) is 17.1 Å². The molecule has 0 unspecified atom stereocenters. The molecule has 2 amide bonds. The lowest BCUT2D eigenvalue weighted by Crippen LogP contribution is -2.38. The van der Waals surface area contributed by atoms with Gasteiger partial charge in [0.25, 0.3) is 5.91 Å². The first kappa shape index (κ1) is 17.3. The van der Waals surface area contributed by atoms with Gasteiger partial charge in [-0.15, -0.1) is 11.8 Å². The summed E-state index contributed by atoms with van der Waals surface area (Å²) in [5, 5.41) is 11.5. The third kappa shape index (κ3) is 4.23. The second-order valence-electron chi connectivity index (χ2n) is 5.07. The molecular formula is C15H18N2O5S. The zero-order valence-corrected chi connectivity index (χ0v) is 13.7. The Morgan fingerprint density at radius 2 is 2.17 bits per heavy atom. The van der Waals surface area contributed by atoms with Gasteiger partial charge in [0, 0.05) is 24.1 Å². The van der Waals surface area contributed by atoms with Gasteiger partial charge in [-0.25, -0.2) is 0 Å². The topological polar surface area (TPSA) is 95.9 Å². The number of carboxylic acids is 1. The highest BCUT2D eigenvalue weighted by Gasteiger charge is 2.25. The van der Waals surface area contributed by atoms with Crippen LogP contribution in [-0.4, -0.2) is 59.8 Å². The van der Waals surface area contributed by atoms with Crippen molar-refractivity contribution in [1.29, 1.82) is 0 Å². The van der Waals surface area contributed by atoms with Crippen molar-refractivity contribution in [2.24, 2.45) is 0 Å². The van der Waals surface area contributed by atoms with Gasteiger partial charge in [-0.05, 0) is 25.1 Å². The minimum absolute atomic E-state index is 0.117. The molecular weight excluding hydrogens is 320 g/mol. The number of nitrogens with zero attached hydrogens (tertiary/aromatic N) is 1. The fraction of sp³-hybridized carbons (Fsp3) is 0.400. The van der Waals surface area contributed by atoms with E-state index >= 15 is 0 Å². The number of carbonyl (C=O) groups is 3. The maximum absolute atomic E-state index is 12.5. The van der Waals surface area contributed by atoms with Gasteiger partial charge in [-0.1, -0.05) is 0 Å². The number of thioether (sulfide) groups is 1. The van der Waals surface area contributed by atoms with E-state index in [1.165, 1.54) is 23.8 Å². The largest absolute Gasteiger partial charge is 0.480 e. The number of amides is 2. The molecule has 7 nitrogen and oxygen atoms in total. The summed E-state index contributed by atoms with van der Waals surface area (Å²) in [4.78, 5) is 37.3. The number of carbonyl (C=O) groups excluding carboxylic acids is 2. The third-order valence-electron chi connectivity index (χ3n) is 3.34. The minimum atomic E-state index is -1.09. The molecule has 124 valence electrons. The molecule has 8 heteroatoms. The second-order valence-corrected chi connectivity index (χ2v) is 6.46. The van der Waals surface area contributed by atoms with E-state index in [1.807, 2.05) is 0 Å². The first-order chi connectivity index (χ1) is 10.9. The van der Waals surface area contributed by atoms with Gasteiger partial charge >= 0.3 is 5.97 Å². The van der Waals surface area contributed by atoms with Crippen LogP contribution in [0.1, 0.15) is 17.3 Å². The molecule has 0 bridgehead atoms. The number of fused-ring (bicyclic) bond motifs is 1. The van der Waals surface area contributed by atoms with Crippen LogP contribution >= 0.6 is 11.8 Å². The molecule has 23 heavy (non-hydrogen) atoms. The van der Waals surface area contributed by atoms with Gasteiger partial charge in [0.1, 0.15) is 6.54 Å². The third-order valence-corrected chi connectivity index (χ3v) is 4.51. The standard InChI is InChI=1S/C15H18N2O5S/c1-9-14(20)16-11-7-10(3-4-12(11)23-9)15(21)17(5-6-22-2)8-13(18)19/h3-4,7,9H,5-6,8H2,1-2H3,(H,16,20)(H,18,19)/t9-/m1/s1. The smallest absolute Gasteiger partial charge is 0.323 e. The number of benzene rings is 1. The summed E-state index contributed by atoms with van der Waals surface area (Å²) in [5.74, 6) is -1.62. The van der Waals surface area contributed by atoms with Crippen LogP contribution < -0.4 is 5.32 Å². The lowest BCUT2D eigenvalue weighted by Gasteiger charge is -2.24. The molecule has 1 aliphatic rings. The van der Waals surface area contributed by atoms with E-state index in [1.54, 1.807) is 25.1 Å². The van der Waals surface area contributed by atoms with Crippen molar-refractivity contribution in [2.75, 3.05) is 32.1 Å². The maximum Gasteiger partial charge on any atom is 0.323 e. The SMILES string of the molecule is COCCN(CC(=O)O)C(=O)c1ccc2c(c1)NC(=O)[C@@H](C)S2. The van der Waals surface area contributed by atoms with Gasteiger partial charge in [-0.3, -0.25) is 14.4 Å². The van der Waals surface area contributed by atoms with E-state index in [9.17, 15) is 14.4 Å². The van der Waals surface area contributed by atoms with Crippen molar-refractivity contribution in [1.82, 2.24) is 4.90 Å². The Morgan fingerprint density at radius 1 is 1.43 bits per heavy atom. The average Bonchev–Trinajstić information content (AvgIpc) is 2.51. The Kier molecular flexibility index (Phi) is 5.62.